The fraction of sp³-hybridized carbons (Fsp3) is 0.421. The number of rotatable bonds is 5. The van der Waals surface area contributed by atoms with Crippen LogP contribution in [0, 0.1) is 5.92 Å². The standard InChI is InChI=1S/C19H22ClN7O/c1-13-8-10-26(11-9-13)18-5-4-16-23-24-17(27(16)25-18)6-7-19(28)22-15-3-2-14(20)12-21-15/h2-5,12-13H,6-11H2,1H3,(H,21,22,28). The van der Waals surface area contributed by atoms with Gasteiger partial charge in [-0.15, -0.1) is 15.3 Å². The van der Waals surface area contributed by atoms with Gasteiger partial charge in [0.2, 0.25) is 5.91 Å². The highest BCUT2D eigenvalue weighted by atomic mass is 35.5. The van der Waals surface area contributed by atoms with Crippen molar-refractivity contribution in [1.82, 2.24) is 24.8 Å². The van der Waals surface area contributed by atoms with Gasteiger partial charge in [-0.3, -0.25) is 4.79 Å². The van der Waals surface area contributed by atoms with Crippen LogP contribution >= 0.6 is 11.6 Å². The molecule has 0 bridgehead atoms. The van der Waals surface area contributed by atoms with Crippen LogP contribution in [0.15, 0.2) is 30.5 Å². The Morgan fingerprint density at radius 3 is 2.79 bits per heavy atom. The van der Waals surface area contributed by atoms with Gasteiger partial charge in [-0.1, -0.05) is 18.5 Å². The minimum absolute atomic E-state index is 0.146. The van der Waals surface area contributed by atoms with Crippen molar-refractivity contribution >= 4 is 34.8 Å². The predicted molar refractivity (Wildman–Crippen MR) is 108 cm³/mol. The number of aromatic nitrogens is 5. The van der Waals surface area contributed by atoms with Crippen molar-refractivity contribution in [2.45, 2.75) is 32.6 Å². The summed E-state index contributed by atoms with van der Waals surface area (Å²) in [6, 6.07) is 7.26. The lowest BCUT2D eigenvalue weighted by atomic mass is 9.99. The van der Waals surface area contributed by atoms with Crippen LogP contribution in [0.2, 0.25) is 5.02 Å². The summed E-state index contributed by atoms with van der Waals surface area (Å²) in [5.41, 5.74) is 0.684. The van der Waals surface area contributed by atoms with Crippen molar-refractivity contribution in [1.29, 1.82) is 0 Å². The van der Waals surface area contributed by atoms with Crippen LogP contribution in [0.4, 0.5) is 11.6 Å². The Kier molecular flexibility index (Phi) is 5.38. The van der Waals surface area contributed by atoms with Crippen LogP contribution in [0.3, 0.4) is 0 Å². The van der Waals surface area contributed by atoms with Gasteiger partial charge in [-0.05, 0) is 43.0 Å². The summed E-state index contributed by atoms with van der Waals surface area (Å²) in [5, 5.41) is 16.4. The lowest BCUT2D eigenvalue weighted by Gasteiger charge is -2.30. The number of pyridine rings is 1. The van der Waals surface area contributed by atoms with Crippen molar-refractivity contribution < 1.29 is 4.79 Å². The molecule has 0 spiro atoms. The topological polar surface area (TPSA) is 88.3 Å². The van der Waals surface area contributed by atoms with Crippen LogP contribution in [-0.4, -0.2) is 43.8 Å². The molecule has 28 heavy (non-hydrogen) atoms. The normalized spacial score (nSPS) is 15.1. The molecule has 0 aromatic carbocycles. The van der Waals surface area contributed by atoms with Gasteiger partial charge in [0.05, 0.1) is 5.02 Å². The highest BCUT2D eigenvalue weighted by molar-refractivity contribution is 6.30. The Morgan fingerprint density at radius 2 is 2.04 bits per heavy atom. The van der Waals surface area contributed by atoms with E-state index in [-0.39, 0.29) is 12.3 Å². The van der Waals surface area contributed by atoms with Gasteiger partial charge in [-0.2, -0.15) is 4.52 Å². The van der Waals surface area contributed by atoms with E-state index < -0.39 is 0 Å². The lowest BCUT2D eigenvalue weighted by molar-refractivity contribution is -0.116. The van der Waals surface area contributed by atoms with Crippen LogP contribution < -0.4 is 10.2 Å². The summed E-state index contributed by atoms with van der Waals surface area (Å²) in [5.74, 6) is 2.68. The van der Waals surface area contributed by atoms with E-state index in [0.717, 1.165) is 24.8 Å². The molecule has 4 heterocycles. The molecule has 0 unspecified atom stereocenters. The molecule has 146 valence electrons. The predicted octanol–water partition coefficient (Wildman–Crippen LogP) is 2.98. The molecule has 1 fully saturated rings. The van der Waals surface area contributed by atoms with Gasteiger partial charge in [0, 0.05) is 32.1 Å². The average molecular weight is 400 g/mol. The highest BCUT2D eigenvalue weighted by Gasteiger charge is 2.18. The van der Waals surface area contributed by atoms with Crippen molar-refractivity contribution in [3.05, 3.63) is 41.3 Å². The molecule has 8 nitrogen and oxygen atoms in total. The Bertz CT molecular complexity index is 964. The molecule has 3 aromatic heterocycles. The quantitative estimate of drug-likeness (QED) is 0.709. The van der Waals surface area contributed by atoms with Gasteiger partial charge < -0.3 is 10.2 Å². The summed E-state index contributed by atoms with van der Waals surface area (Å²) in [4.78, 5) is 18.6. The molecular weight excluding hydrogens is 378 g/mol. The molecule has 9 heteroatoms. The van der Waals surface area contributed by atoms with Crippen molar-refractivity contribution in [2.24, 2.45) is 5.92 Å². The van der Waals surface area contributed by atoms with Gasteiger partial charge in [-0.25, -0.2) is 4.98 Å². The number of amides is 1. The number of nitrogens with one attached hydrogen (secondary N) is 1. The maximum absolute atomic E-state index is 12.2. The minimum Gasteiger partial charge on any atom is -0.355 e. The van der Waals surface area contributed by atoms with E-state index in [2.05, 4.69) is 32.3 Å². The summed E-state index contributed by atoms with van der Waals surface area (Å²) < 4.78 is 1.74. The zero-order valence-corrected chi connectivity index (χ0v) is 16.4. The molecule has 0 radical (unpaired) electrons. The van der Waals surface area contributed by atoms with Crippen molar-refractivity contribution in [2.75, 3.05) is 23.3 Å². The zero-order chi connectivity index (χ0) is 19.5. The first-order valence-electron chi connectivity index (χ1n) is 9.46. The van der Waals surface area contributed by atoms with E-state index in [0.29, 0.717) is 28.7 Å². The second-order valence-electron chi connectivity index (χ2n) is 7.16. The van der Waals surface area contributed by atoms with E-state index in [4.69, 9.17) is 16.7 Å². The number of anilines is 2. The van der Waals surface area contributed by atoms with Crippen LogP contribution in [0.1, 0.15) is 32.0 Å². The van der Waals surface area contributed by atoms with Crippen LogP contribution in [0.5, 0.6) is 0 Å². The van der Waals surface area contributed by atoms with E-state index in [1.807, 2.05) is 12.1 Å². The Balaban J connectivity index is 1.42. The molecule has 1 N–H and O–H groups in total. The highest BCUT2D eigenvalue weighted by Crippen LogP contribution is 2.21. The number of nitrogens with zero attached hydrogens (tertiary/aromatic N) is 6. The molecule has 0 aliphatic carbocycles. The first kappa shape index (κ1) is 18.6. The van der Waals surface area contributed by atoms with E-state index >= 15 is 0 Å². The van der Waals surface area contributed by atoms with Gasteiger partial charge >= 0.3 is 0 Å². The lowest BCUT2D eigenvalue weighted by Crippen LogP contribution is -2.33. The van der Waals surface area contributed by atoms with Gasteiger partial charge in [0.15, 0.2) is 11.5 Å². The first-order chi connectivity index (χ1) is 13.6. The molecule has 3 aromatic rings. The molecule has 1 aliphatic rings. The third kappa shape index (κ3) is 4.22. The summed E-state index contributed by atoms with van der Waals surface area (Å²) in [6.45, 7) is 4.30. The second-order valence-corrected chi connectivity index (χ2v) is 7.59. The number of hydrogen-bond donors (Lipinski definition) is 1. The van der Waals surface area contributed by atoms with E-state index in [1.165, 1.54) is 19.0 Å². The molecule has 1 aliphatic heterocycles. The summed E-state index contributed by atoms with van der Waals surface area (Å²) in [6.07, 6.45) is 4.55. The number of carbonyl (C=O) groups is 1. The Labute approximate surface area is 167 Å². The monoisotopic (exact) mass is 399 g/mol. The molecule has 0 atom stereocenters. The number of piperidine rings is 1. The summed E-state index contributed by atoms with van der Waals surface area (Å²) >= 11 is 5.80. The van der Waals surface area contributed by atoms with Crippen molar-refractivity contribution in [3.63, 3.8) is 0 Å². The molecule has 1 saturated heterocycles. The average Bonchev–Trinajstić information content (AvgIpc) is 3.11. The fourth-order valence-corrected chi connectivity index (χ4v) is 3.38. The number of halogens is 1. The molecule has 4 rings (SSSR count). The number of aryl methyl sites for hydroxylation is 1. The van der Waals surface area contributed by atoms with E-state index in [1.54, 1.807) is 16.6 Å². The smallest absolute Gasteiger partial charge is 0.225 e. The van der Waals surface area contributed by atoms with Crippen LogP contribution in [0.25, 0.3) is 5.65 Å². The second kappa shape index (κ2) is 8.10. The van der Waals surface area contributed by atoms with Crippen molar-refractivity contribution in [3.8, 4) is 0 Å². The van der Waals surface area contributed by atoms with Gasteiger partial charge in [0.25, 0.3) is 0 Å². The number of fused-ring (bicyclic) bond motifs is 1. The minimum atomic E-state index is -0.146. The largest absolute Gasteiger partial charge is 0.355 e. The Hall–Kier alpha value is -2.74. The SMILES string of the molecule is CC1CCN(c2ccc3nnc(CCC(=O)Nc4ccc(Cl)cn4)n3n2)CC1. The Morgan fingerprint density at radius 1 is 1.21 bits per heavy atom. The molecule has 1 amide bonds. The molecular formula is C19H22ClN7O. The maximum atomic E-state index is 12.2. The third-order valence-electron chi connectivity index (χ3n) is 4.99. The maximum Gasteiger partial charge on any atom is 0.225 e. The van der Waals surface area contributed by atoms with Crippen LogP contribution in [-0.2, 0) is 11.2 Å². The van der Waals surface area contributed by atoms with E-state index in [9.17, 15) is 4.79 Å². The molecule has 0 saturated carbocycles. The summed E-state index contributed by atoms with van der Waals surface area (Å²) in [7, 11) is 0. The number of carbonyl (C=O) groups excluding carboxylic acids is 1. The first-order valence-corrected chi connectivity index (χ1v) is 9.84. The fourth-order valence-electron chi connectivity index (χ4n) is 3.27. The number of hydrogen-bond acceptors (Lipinski definition) is 6. The zero-order valence-electron chi connectivity index (χ0n) is 15.7. The van der Waals surface area contributed by atoms with Gasteiger partial charge in [0.1, 0.15) is 11.6 Å². The third-order valence-corrected chi connectivity index (χ3v) is 5.22.